The van der Waals surface area contributed by atoms with Crippen LogP contribution < -0.4 is 10.1 Å². The lowest BCUT2D eigenvalue weighted by Gasteiger charge is -2.25. The van der Waals surface area contributed by atoms with E-state index in [1.807, 2.05) is 49.4 Å². The predicted octanol–water partition coefficient (Wildman–Crippen LogP) is 3.71. The van der Waals surface area contributed by atoms with Crippen LogP contribution in [0, 0.1) is 0 Å². The lowest BCUT2D eigenvalue weighted by molar-refractivity contribution is -0.123. The maximum Gasteiger partial charge on any atom is 0.234 e. The Bertz CT molecular complexity index is 702. The average molecular weight is 338 g/mol. The van der Waals surface area contributed by atoms with Crippen LogP contribution in [0.25, 0.3) is 0 Å². The van der Waals surface area contributed by atoms with Gasteiger partial charge in [0.1, 0.15) is 5.75 Å². The van der Waals surface area contributed by atoms with Gasteiger partial charge in [0, 0.05) is 6.04 Å². The Morgan fingerprint density at radius 3 is 2.80 bits per heavy atom. The van der Waals surface area contributed by atoms with Crippen LogP contribution in [0.5, 0.6) is 5.75 Å². The van der Waals surface area contributed by atoms with Crippen LogP contribution in [0.4, 0.5) is 0 Å². The lowest BCUT2D eigenvalue weighted by atomic mass is 10.0. The van der Waals surface area contributed by atoms with E-state index in [0.29, 0.717) is 6.54 Å². The number of methoxy groups -OCH3 is 1. The molecular formula is C21H26N2O2. The van der Waals surface area contributed by atoms with Crippen molar-refractivity contribution in [2.75, 3.05) is 20.2 Å². The minimum absolute atomic E-state index is 0.0200. The zero-order valence-electron chi connectivity index (χ0n) is 14.9. The second kappa shape index (κ2) is 8.17. The van der Waals surface area contributed by atoms with Gasteiger partial charge in [-0.05, 0) is 49.6 Å². The Morgan fingerprint density at radius 1 is 1.24 bits per heavy atom. The minimum atomic E-state index is 0.0200. The fraction of sp³-hybridized carbons (Fsp3) is 0.381. The summed E-state index contributed by atoms with van der Waals surface area (Å²) in [6, 6.07) is 18.5. The molecule has 0 saturated carbocycles. The Kier molecular flexibility index (Phi) is 5.71. The largest absolute Gasteiger partial charge is 0.497 e. The number of nitrogens with zero attached hydrogens (tertiary/aromatic N) is 1. The van der Waals surface area contributed by atoms with E-state index in [1.54, 1.807) is 7.11 Å². The van der Waals surface area contributed by atoms with Gasteiger partial charge in [-0.3, -0.25) is 9.69 Å². The summed E-state index contributed by atoms with van der Waals surface area (Å²) in [4.78, 5) is 14.8. The number of benzene rings is 2. The summed E-state index contributed by atoms with van der Waals surface area (Å²) >= 11 is 0. The number of nitrogens with one attached hydrogen (secondary N) is 1. The Hall–Kier alpha value is -2.33. The van der Waals surface area contributed by atoms with Crippen LogP contribution in [0.1, 0.15) is 43.0 Å². The quantitative estimate of drug-likeness (QED) is 0.873. The van der Waals surface area contributed by atoms with Crippen LogP contribution in [0.3, 0.4) is 0 Å². The molecule has 2 aromatic rings. The van der Waals surface area contributed by atoms with Gasteiger partial charge in [0.15, 0.2) is 0 Å². The number of likely N-dealkylation sites (tertiary alicyclic amines) is 1. The first kappa shape index (κ1) is 17.5. The molecule has 0 aromatic heterocycles. The topological polar surface area (TPSA) is 41.6 Å². The van der Waals surface area contributed by atoms with Crippen molar-refractivity contribution in [1.29, 1.82) is 0 Å². The molecule has 132 valence electrons. The van der Waals surface area contributed by atoms with Gasteiger partial charge in [-0.2, -0.15) is 0 Å². The Balaban J connectivity index is 1.62. The molecule has 1 aliphatic rings. The fourth-order valence-corrected chi connectivity index (χ4v) is 3.54. The van der Waals surface area contributed by atoms with Gasteiger partial charge in [-0.1, -0.05) is 42.5 Å². The third-order valence-corrected chi connectivity index (χ3v) is 4.87. The van der Waals surface area contributed by atoms with Crippen LogP contribution in [-0.2, 0) is 4.79 Å². The lowest BCUT2D eigenvalue weighted by Crippen LogP contribution is -2.38. The van der Waals surface area contributed by atoms with Gasteiger partial charge in [0.2, 0.25) is 5.91 Å². The van der Waals surface area contributed by atoms with Crippen molar-refractivity contribution >= 4 is 5.91 Å². The molecule has 25 heavy (non-hydrogen) atoms. The molecule has 0 radical (unpaired) electrons. The van der Waals surface area contributed by atoms with Gasteiger partial charge in [-0.25, -0.2) is 0 Å². The zero-order chi connectivity index (χ0) is 17.6. The van der Waals surface area contributed by atoms with Gasteiger partial charge in [0.05, 0.1) is 19.7 Å². The van der Waals surface area contributed by atoms with E-state index in [2.05, 4.69) is 22.3 Å². The summed E-state index contributed by atoms with van der Waals surface area (Å²) in [6.45, 7) is 3.41. The highest BCUT2D eigenvalue weighted by atomic mass is 16.5. The monoisotopic (exact) mass is 338 g/mol. The SMILES string of the molecule is COc1cccc([C@@H]2CCCN2CC(=O)N[C@H](C)c2ccccc2)c1. The van der Waals surface area contributed by atoms with Gasteiger partial charge in [0.25, 0.3) is 0 Å². The molecular weight excluding hydrogens is 312 g/mol. The van der Waals surface area contributed by atoms with Crippen LogP contribution >= 0.6 is 0 Å². The predicted molar refractivity (Wildman–Crippen MR) is 99.5 cm³/mol. The average Bonchev–Trinajstić information content (AvgIpc) is 3.10. The third-order valence-electron chi connectivity index (χ3n) is 4.87. The third kappa shape index (κ3) is 4.40. The molecule has 1 N–H and O–H groups in total. The highest BCUT2D eigenvalue weighted by Gasteiger charge is 2.28. The molecule has 4 heteroatoms. The standard InChI is InChI=1S/C21H26N2O2/c1-16(17-8-4-3-5-9-17)22-21(24)15-23-13-7-12-20(23)18-10-6-11-19(14-18)25-2/h3-6,8-11,14,16,20H,7,12-13,15H2,1-2H3,(H,22,24)/t16-,20+/m1/s1. The molecule has 0 unspecified atom stereocenters. The molecule has 3 rings (SSSR count). The molecule has 1 fully saturated rings. The molecule has 0 aliphatic carbocycles. The number of carbonyl (C=O) groups is 1. The van der Waals surface area contributed by atoms with E-state index in [9.17, 15) is 4.79 Å². The second-order valence-corrected chi connectivity index (χ2v) is 6.61. The van der Waals surface area contributed by atoms with Crippen molar-refractivity contribution in [2.45, 2.75) is 31.8 Å². The van der Waals surface area contributed by atoms with Crippen molar-refractivity contribution in [1.82, 2.24) is 10.2 Å². The molecule has 0 spiro atoms. The fourth-order valence-electron chi connectivity index (χ4n) is 3.54. The van der Waals surface area contributed by atoms with Crippen molar-refractivity contribution in [2.24, 2.45) is 0 Å². The van der Waals surface area contributed by atoms with Crippen molar-refractivity contribution < 1.29 is 9.53 Å². The summed E-state index contributed by atoms with van der Waals surface area (Å²) in [5.41, 5.74) is 2.35. The summed E-state index contributed by atoms with van der Waals surface area (Å²) < 4.78 is 5.33. The van der Waals surface area contributed by atoms with Crippen molar-refractivity contribution in [3.63, 3.8) is 0 Å². The maximum absolute atomic E-state index is 12.5. The second-order valence-electron chi connectivity index (χ2n) is 6.61. The first-order chi connectivity index (χ1) is 12.2. The summed E-state index contributed by atoms with van der Waals surface area (Å²) in [5.74, 6) is 0.942. The van der Waals surface area contributed by atoms with E-state index in [1.165, 1.54) is 5.56 Å². The van der Waals surface area contributed by atoms with Gasteiger partial charge >= 0.3 is 0 Å². The first-order valence-electron chi connectivity index (χ1n) is 8.89. The summed E-state index contributed by atoms with van der Waals surface area (Å²) in [6.07, 6.45) is 2.19. The van der Waals surface area contributed by atoms with Crippen molar-refractivity contribution in [3.05, 3.63) is 65.7 Å². The molecule has 1 amide bonds. The van der Waals surface area contributed by atoms with Crippen LogP contribution in [0.15, 0.2) is 54.6 Å². The number of carbonyl (C=O) groups excluding carboxylic acids is 1. The van der Waals surface area contributed by atoms with Gasteiger partial charge in [-0.15, -0.1) is 0 Å². The van der Waals surface area contributed by atoms with E-state index in [0.717, 1.165) is 30.7 Å². The maximum atomic E-state index is 12.5. The van der Waals surface area contributed by atoms with E-state index in [4.69, 9.17) is 4.74 Å². The number of rotatable bonds is 6. The minimum Gasteiger partial charge on any atom is -0.497 e. The summed E-state index contributed by atoms with van der Waals surface area (Å²) in [7, 11) is 1.68. The highest BCUT2D eigenvalue weighted by molar-refractivity contribution is 5.78. The normalized spacial score (nSPS) is 18.7. The van der Waals surface area contributed by atoms with Crippen LogP contribution in [0.2, 0.25) is 0 Å². The number of hydrogen-bond acceptors (Lipinski definition) is 3. The van der Waals surface area contributed by atoms with Crippen molar-refractivity contribution in [3.8, 4) is 5.75 Å². The first-order valence-corrected chi connectivity index (χ1v) is 8.89. The van der Waals surface area contributed by atoms with Gasteiger partial charge < -0.3 is 10.1 Å². The Labute approximate surface area is 149 Å². The number of amides is 1. The van der Waals surface area contributed by atoms with E-state index in [-0.39, 0.29) is 18.0 Å². The number of hydrogen-bond donors (Lipinski definition) is 1. The molecule has 2 atom stereocenters. The van der Waals surface area contributed by atoms with Crippen LogP contribution in [-0.4, -0.2) is 31.0 Å². The molecule has 2 aromatic carbocycles. The molecule has 0 bridgehead atoms. The molecule has 1 saturated heterocycles. The van der Waals surface area contributed by atoms with E-state index < -0.39 is 0 Å². The smallest absolute Gasteiger partial charge is 0.234 e. The zero-order valence-corrected chi connectivity index (χ0v) is 14.9. The molecule has 1 heterocycles. The summed E-state index contributed by atoms with van der Waals surface area (Å²) in [5, 5.41) is 3.11. The Morgan fingerprint density at radius 2 is 2.04 bits per heavy atom. The highest BCUT2D eigenvalue weighted by Crippen LogP contribution is 2.33. The van der Waals surface area contributed by atoms with E-state index >= 15 is 0 Å². The molecule has 1 aliphatic heterocycles. The number of ether oxygens (including phenoxy) is 1. The molecule has 4 nitrogen and oxygen atoms in total.